The van der Waals surface area contributed by atoms with Gasteiger partial charge < -0.3 is 29.0 Å². The van der Waals surface area contributed by atoms with Crippen molar-refractivity contribution < 1.29 is 28.8 Å². The molecule has 0 fully saturated rings. The average Bonchev–Trinajstić information content (AvgIpc) is 3.68. The lowest BCUT2D eigenvalue weighted by Crippen LogP contribution is -2.10. The van der Waals surface area contributed by atoms with E-state index in [-0.39, 0.29) is 19.2 Å². The number of carbonyl (C=O) groups is 1. The predicted octanol–water partition coefficient (Wildman–Crippen LogP) is 13.1. The van der Waals surface area contributed by atoms with Crippen LogP contribution in [-0.2, 0) is 14.3 Å². The van der Waals surface area contributed by atoms with Crippen LogP contribution in [0.1, 0.15) is 109 Å². The van der Waals surface area contributed by atoms with Crippen LogP contribution in [-0.4, -0.2) is 37.9 Å². The largest absolute Gasteiger partial charge is 0.477 e. The van der Waals surface area contributed by atoms with Crippen LogP contribution in [0.5, 0.6) is 11.5 Å². The van der Waals surface area contributed by atoms with Crippen LogP contribution in [0.2, 0.25) is 0 Å². The summed E-state index contributed by atoms with van der Waals surface area (Å²) in [4.78, 5) is 15.2. The minimum atomic E-state index is -1.24. The van der Waals surface area contributed by atoms with Gasteiger partial charge in [0.15, 0.2) is 13.6 Å². The maximum Gasteiger partial charge on any atom is 0.346 e. The van der Waals surface area contributed by atoms with Gasteiger partial charge in [0, 0.05) is 26.8 Å². The highest BCUT2D eigenvalue weighted by molar-refractivity contribution is 7.16. The number of nitriles is 1. The van der Waals surface area contributed by atoms with Crippen LogP contribution in [0.4, 0.5) is 17.1 Å². The van der Waals surface area contributed by atoms with E-state index in [4.69, 9.17) is 24.2 Å². The molecule has 0 atom stereocenters. The van der Waals surface area contributed by atoms with E-state index >= 15 is 0 Å². The van der Waals surface area contributed by atoms with Crippen molar-refractivity contribution >= 4 is 40.4 Å². The Morgan fingerprint density at radius 3 is 1.51 bits per heavy atom. The van der Waals surface area contributed by atoms with E-state index in [0.717, 1.165) is 51.8 Å². The fourth-order valence-electron chi connectivity index (χ4n) is 6.13. The zero-order valence-corrected chi connectivity index (χ0v) is 33.5. The number of hydrogen-bond donors (Lipinski definition) is 1. The topological polar surface area (TPSA) is 101 Å². The molecule has 3 aromatic carbocycles. The molecule has 0 saturated heterocycles. The highest BCUT2D eigenvalue weighted by Gasteiger charge is 2.14. The molecule has 4 aromatic rings. The van der Waals surface area contributed by atoms with Gasteiger partial charge in [0.1, 0.15) is 23.1 Å². The first kappa shape index (κ1) is 43.1. The molecule has 0 saturated carbocycles. The normalized spacial score (nSPS) is 11.3. The van der Waals surface area contributed by atoms with Crippen molar-refractivity contribution in [2.45, 2.75) is 104 Å². The van der Waals surface area contributed by atoms with Gasteiger partial charge in [0.05, 0.1) is 13.2 Å². The second-order valence-corrected chi connectivity index (χ2v) is 14.7. The monoisotopic (exact) mass is 766 g/mol. The molecule has 0 spiro atoms. The SMILES string of the molecule is CCCCCCCCCOCOc1ccc(N(c2ccc(OCOCCCCCCCCC)cc2)c2ccc(-c3ccc(/C=C(/C#N)C(=O)O)s3)cc2)cc1. The van der Waals surface area contributed by atoms with Crippen LogP contribution < -0.4 is 14.4 Å². The number of nitrogens with zero attached hydrogens (tertiary/aromatic N) is 2. The third kappa shape index (κ3) is 15.6. The molecule has 0 bridgehead atoms. The van der Waals surface area contributed by atoms with E-state index < -0.39 is 5.97 Å². The summed E-state index contributed by atoms with van der Waals surface area (Å²) in [6.07, 6.45) is 18.9. The van der Waals surface area contributed by atoms with Crippen molar-refractivity contribution in [3.63, 3.8) is 0 Å². The molecule has 4 rings (SSSR count). The van der Waals surface area contributed by atoms with Gasteiger partial charge >= 0.3 is 5.97 Å². The number of thiophene rings is 1. The van der Waals surface area contributed by atoms with Gasteiger partial charge in [-0.1, -0.05) is 103 Å². The van der Waals surface area contributed by atoms with Crippen molar-refractivity contribution in [1.82, 2.24) is 0 Å². The summed E-state index contributed by atoms with van der Waals surface area (Å²) in [5.74, 6) is 0.244. The minimum absolute atomic E-state index is 0.221. The first-order valence-electron chi connectivity index (χ1n) is 20.0. The number of carboxylic acids is 1. The van der Waals surface area contributed by atoms with Gasteiger partial charge in [0.25, 0.3) is 0 Å². The number of ether oxygens (including phenoxy) is 4. The van der Waals surface area contributed by atoms with Crippen molar-refractivity contribution in [2.75, 3.05) is 31.7 Å². The van der Waals surface area contributed by atoms with Crippen molar-refractivity contribution in [1.29, 1.82) is 5.26 Å². The smallest absolute Gasteiger partial charge is 0.346 e. The number of aliphatic carboxylic acids is 1. The molecule has 1 aromatic heterocycles. The number of benzene rings is 3. The van der Waals surface area contributed by atoms with Crippen molar-refractivity contribution in [3.8, 4) is 28.0 Å². The molecule has 9 heteroatoms. The van der Waals surface area contributed by atoms with Crippen LogP contribution in [0.15, 0.2) is 90.5 Å². The molecule has 0 aliphatic carbocycles. The lowest BCUT2D eigenvalue weighted by molar-refractivity contribution is -0.132. The quantitative estimate of drug-likeness (QED) is 0.0264. The second kappa shape index (κ2) is 25.5. The van der Waals surface area contributed by atoms with E-state index in [1.807, 2.05) is 72.8 Å². The molecule has 294 valence electrons. The molecule has 0 aliphatic rings. The first-order chi connectivity index (χ1) is 27.0. The minimum Gasteiger partial charge on any atom is -0.477 e. The van der Waals surface area contributed by atoms with Crippen molar-refractivity contribution in [3.05, 3.63) is 95.4 Å². The summed E-state index contributed by atoms with van der Waals surface area (Å²) in [5.41, 5.74) is 3.56. The van der Waals surface area contributed by atoms with Gasteiger partial charge in [-0.15, -0.1) is 11.3 Å². The Bertz CT molecular complexity index is 1660. The number of rotatable bonds is 28. The molecule has 8 nitrogen and oxygen atoms in total. The van der Waals surface area contributed by atoms with E-state index in [0.29, 0.717) is 18.1 Å². The summed E-state index contributed by atoms with van der Waals surface area (Å²) in [6.45, 7) is 6.33. The van der Waals surface area contributed by atoms with Crippen molar-refractivity contribution in [2.24, 2.45) is 0 Å². The van der Waals surface area contributed by atoms with Gasteiger partial charge in [-0.25, -0.2) is 4.79 Å². The lowest BCUT2D eigenvalue weighted by Gasteiger charge is -2.26. The van der Waals surface area contributed by atoms with Gasteiger partial charge in [-0.05, 0) is 97.3 Å². The highest BCUT2D eigenvalue weighted by atomic mass is 32.1. The van der Waals surface area contributed by atoms with Gasteiger partial charge in [-0.3, -0.25) is 0 Å². The summed E-state index contributed by atoms with van der Waals surface area (Å²) in [6, 6.07) is 29.7. The van der Waals surface area contributed by atoms with Gasteiger partial charge in [-0.2, -0.15) is 5.26 Å². The number of anilines is 3. The predicted molar refractivity (Wildman–Crippen MR) is 225 cm³/mol. The van der Waals surface area contributed by atoms with E-state index in [1.54, 1.807) is 6.07 Å². The number of hydrogen-bond acceptors (Lipinski definition) is 8. The van der Waals surface area contributed by atoms with Crippen LogP contribution in [0, 0.1) is 11.3 Å². The zero-order valence-electron chi connectivity index (χ0n) is 32.7. The molecule has 0 unspecified atom stereocenters. The summed E-state index contributed by atoms with van der Waals surface area (Å²) < 4.78 is 23.3. The van der Waals surface area contributed by atoms with E-state index in [9.17, 15) is 9.90 Å². The van der Waals surface area contributed by atoms with Crippen LogP contribution in [0.25, 0.3) is 16.5 Å². The molecular weight excluding hydrogens is 709 g/mol. The average molecular weight is 767 g/mol. The Balaban J connectivity index is 1.39. The second-order valence-electron chi connectivity index (χ2n) is 13.6. The molecule has 0 amide bonds. The Hall–Kier alpha value is -4.62. The Labute approximate surface area is 332 Å². The first-order valence-corrected chi connectivity index (χ1v) is 20.8. The highest BCUT2D eigenvalue weighted by Crippen LogP contribution is 2.38. The fourth-order valence-corrected chi connectivity index (χ4v) is 7.09. The Morgan fingerprint density at radius 1 is 0.636 bits per heavy atom. The molecule has 1 heterocycles. The zero-order chi connectivity index (χ0) is 38.9. The molecule has 0 radical (unpaired) electrons. The summed E-state index contributed by atoms with van der Waals surface area (Å²) >= 11 is 1.43. The number of carboxylic acid groups (broad SMARTS) is 1. The Kier molecular flexibility index (Phi) is 20.0. The Morgan fingerprint density at radius 2 is 1.07 bits per heavy atom. The summed E-state index contributed by atoms with van der Waals surface area (Å²) in [5, 5.41) is 18.4. The van der Waals surface area contributed by atoms with E-state index in [1.165, 1.54) is 94.5 Å². The molecule has 55 heavy (non-hydrogen) atoms. The maximum absolute atomic E-state index is 11.3. The lowest BCUT2D eigenvalue weighted by atomic mass is 10.1. The summed E-state index contributed by atoms with van der Waals surface area (Å²) in [7, 11) is 0. The van der Waals surface area contributed by atoms with Crippen LogP contribution in [0.3, 0.4) is 0 Å². The molecule has 1 N–H and O–H groups in total. The number of unbranched alkanes of at least 4 members (excludes halogenated alkanes) is 12. The van der Waals surface area contributed by atoms with E-state index in [2.05, 4.69) is 30.9 Å². The molecular formula is C46H58N2O6S. The van der Waals surface area contributed by atoms with Crippen LogP contribution >= 0.6 is 11.3 Å². The van der Waals surface area contributed by atoms with Gasteiger partial charge in [0.2, 0.25) is 0 Å². The third-order valence-electron chi connectivity index (χ3n) is 9.27. The molecule has 0 aliphatic heterocycles. The maximum atomic E-state index is 11.3. The standard InChI is InChI=1S/C46H58N2O6S/c1-3-5-7-9-11-13-15-31-51-35-53-42-25-21-40(22-26-42)48(41-23-27-43(28-24-41)54-36-52-32-16-14-12-10-8-6-4-2)39-19-17-37(18-20-39)45-30-29-44(55-45)33-38(34-47)46(49)50/h17-30,33H,3-16,31-32,35-36H2,1-2H3,(H,49,50)/b38-33-. The fraction of sp³-hybridized carbons (Fsp3) is 0.435. The third-order valence-corrected chi connectivity index (χ3v) is 10.3.